The number of ether oxygens (including phenoxy) is 1. The molecule has 22 heavy (non-hydrogen) atoms. The smallest absolute Gasteiger partial charge is 0.433 e. The van der Waals surface area contributed by atoms with Gasteiger partial charge in [0.15, 0.2) is 5.78 Å². The molecule has 0 radical (unpaired) electrons. The normalized spacial score (nSPS) is 15.1. The van der Waals surface area contributed by atoms with Crippen LogP contribution in [0.15, 0.2) is 40.3 Å². The van der Waals surface area contributed by atoms with E-state index < -0.39 is 4.92 Å². The molecule has 2 aromatic rings. The summed E-state index contributed by atoms with van der Waals surface area (Å²) in [6.45, 7) is 2.46. The van der Waals surface area contributed by atoms with Crippen molar-refractivity contribution in [3.8, 4) is 5.75 Å². The van der Waals surface area contributed by atoms with Gasteiger partial charge < -0.3 is 9.15 Å². The topological polar surface area (TPSA) is 82.6 Å². The molecule has 1 heterocycles. The number of rotatable bonds is 4. The number of Topliss-reactive ketones (excluding diaryl/α,β-unsaturated/α-hetero) is 1. The number of hydrogen-bond donors (Lipinski definition) is 0. The second-order valence-electron chi connectivity index (χ2n) is 4.86. The van der Waals surface area contributed by atoms with Gasteiger partial charge in [-0.25, -0.2) is 0 Å². The number of fused-ring (bicyclic) bond motifs is 1. The number of allylic oxidation sites excluding steroid dienone is 1. The molecule has 0 unspecified atom stereocenters. The Balaban J connectivity index is 1.89. The van der Waals surface area contributed by atoms with Crippen LogP contribution in [0.5, 0.6) is 5.75 Å². The zero-order chi connectivity index (χ0) is 15.7. The Hall–Kier alpha value is -2.89. The van der Waals surface area contributed by atoms with Gasteiger partial charge in [0.2, 0.25) is 0 Å². The maximum absolute atomic E-state index is 12.3. The molecule has 1 aromatic heterocycles. The largest absolute Gasteiger partial charge is 0.494 e. The van der Waals surface area contributed by atoms with Crippen LogP contribution in [-0.2, 0) is 6.42 Å². The Bertz CT molecular complexity index is 788. The lowest BCUT2D eigenvalue weighted by atomic mass is 10.1. The van der Waals surface area contributed by atoms with E-state index in [9.17, 15) is 14.9 Å². The van der Waals surface area contributed by atoms with E-state index in [1.165, 1.54) is 12.1 Å². The fraction of sp³-hybridized carbons (Fsp3) is 0.188. The van der Waals surface area contributed by atoms with Crippen LogP contribution in [0.3, 0.4) is 0 Å². The van der Waals surface area contributed by atoms with E-state index in [-0.39, 0.29) is 11.7 Å². The van der Waals surface area contributed by atoms with Gasteiger partial charge in [0.05, 0.1) is 12.7 Å². The summed E-state index contributed by atoms with van der Waals surface area (Å²) in [7, 11) is 0. The summed E-state index contributed by atoms with van der Waals surface area (Å²) in [5, 5.41) is 10.6. The third kappa shape index (κ3) is 2.50. The van der Waals surface area contributed by atoms with E-state index in [4.69, 9.17) is 9.15 Å². The molecule has 6 heteroatoms. The quantitative estimate of drug-likeness (QED) is 0.491. The third-order valence-electron chi connectivity index (χ3n) is 3.41. The van der Waals surface area contributed by atoms with Crippen LogP contribution in [0.25, 0.3) is 6.08 Å². The van der Waals surface area contributed by atoms with E-state index in [0.29, 0.717) is 29.9 Å². The van der Waals surface area contributed by atoms with Crippen LogP contribution in [0.2, 0.25) is 0 Å². The predicted octanol–water partition coefficient (Wildman–Crippen LogP) is 3.41. The average molecular weight is 299 g/mol. The van der Waals surface area contributed by atoms with Crippen LogP contribution >= 0.6 is 0 Å². The SMILES string of the molecule is CCOc1ccc2c(c1)CC(=Cc1ccc([N+](=O)[O-])o1)C2=O. The van der Waals surface area contributed by atoms with Crippen molar-refractivity contribution in [1.82, 2.24) is 0 Å². The first kappa shape index (κ1) is 14.1. The standard InChI is InChI=1S/C16H13NO5/c1-2-21-12-3-5-14-10(8-12)7-11(16(14)18)9-13-4-6-15(22-13)17(19)20/h3-6,8-9H,2,7H2,1H3. The van der Waals surface area contributed by atoms with E-state index in [1.54, 1.807) is 18.2 Å². The fourth-order valence-electron chi connectivity index (χ4n) is 2.46. The van der Waals surface area contributed by atoms with E-state index in [0.717, 1.165) is 11.3 Å². The van der Waals surface area contributed by atoms with Crippen molar-refractivity contribution in [2.75, 3.05) is 6.61 Å². The lowest BCUT2D eigenvalue weighted by Gasteiger charge is -2.04. The highest BCUT2D eigenvalue weighted by atomic mass is 16.6. The first-order chi connectivity index (χ1) is 10.6. The molecule has 0 aliphatic heterocycles. The van der Waals surface area contributed by atoms with Gasteiger partial charge in [0.1, 0.15) is 16.4 Å². The molecule has 0 spiro atoms. The van der Waals surface area contributed by atoms with Crippen molar-refractivity contribution >= 4 is 17.7 Å². The number of benzene rings is 1. The molecule has 0 fully saturated rings. The van der Waals surface area contributed by atoms with E-state index in [1.807, 2.05) is 13.0 Å². The number of nitro groups is 1. The minimum atomic E-state index is -0.610. The molecule has 0 bridgehead atoms. The third-order valence-corrected chi connectivity index (χ3v) is 3.41. The van der Waals surface area contributed by atoms with Crippen molar-refractivity contribution in [1.29, 1.82) is 0 Å². The van der Waals surface area contributed by atoms with Gasteiger partial charge in [-0.2, -0.15) is 0 Å². The zero-order valence-corrected chi connectivity index (χ0v) is 11.9. The number of furan rings is 1. The van der Waals surface area contributed by atoms with Gasteiger partial charge in [-0.3, -0.25) is 14.9 Å². The van der Waals surface area contributed by atoms with Crippen LogP contribution in [0.1, 0.15) is 28.6 Å². The average Bonchev–Trinajstić information content (AvgIpc) is 3.06. The Morgan fingerprint density at radius 3 is 2.86 bits per heavy atom. The monoisotopic (exact) mass is 299 g/mol. The molecule has 3 rings (SSSR count). The highest BCUT2D eigenvalue weighted by molar-refractivity contribution is 6.15. The zero-order valence-electron chi connectivity index (χ0n) is 11.9. The molecule has 1 aromatic carbocycles. The Morgan fingerprint density at radius 2 is 2.18 bits per heavy atom. The Kier molecular flexibility index (Phi) is 3.50. The van der Waals surface area contributed by atoms with Gasteiger partial charge in [0.25, 0.3) is 0 Å². The number of carbonyl (C=O) groups excluding carboxylic acids is 1. The Labute approximate surface area is 126 Å². The number of nitrogens with zero attached hydrogens (tertiary/aromatic N) is 1. The summed E-state index contributed by atoms with van der Waals surface area (Å²) in [6, 6.07) is 8.11. The summed E-state index contributed by atoms with van der Waals surface area (Å²) in [5.41, 5.74) is 2.08. The molecule has 0 saturated heterocycles. The molecule has 0 atom stereocenters. The molecule has 1 aliphatic carbocycles. The second kappa shape index (κ2) is 5.48. The highest BCUT2D eigenvalue weighted by Crippen LogP contribution is 2.31. The summed E-state index contributed by atoms with van der Waals surface area (Å²) in [5.74, 6) is 0.599. The van der Waals surface area contributed by atoms with Crippen molar-refractivity contribution in [2.24, 2.45) is 0 Å². The number of carbonyl (C=O) groups is 1. The van der Waals surface area contributed by atoms with Gasteiger partial charge in [-0.15, -0.1) is 0 Å². The molecule has 1 aliphatic rings. The first-order valence-electron chi connectivity index (χ1n) is 6.83. The second-order valence-corrected chi connectivity index (χ2v) is 4.86. The van der Waals surface area contributed by atoms with E-state index in [2.05, 4.69) is 0 Å². The lowest BCUT2D eigenvalue weighted by molar-refractivity contribution is -0.402. The Morgan fingerprint density at radius 1 is 1.36 bits per heavy atom. The van der Waals surface area contributed by atoms with Crippen molar-refractivity contribution in [2.45, 2.75) is 13.3 Å². The summed E-state index contributed by atoms with van der Waals surface area (Å²) >= 11 is 0. The van der Waals surface area contributed by atoms with Gasteiger partial charge >= 0.3 is 5.88 Å². The molecular weight excluding hydrogens is 286 g/mol. The molecule has 0 N–H and O–H groups in total. The summed E-state index contributed by atoms with van der Waals surface area (Å²) in [4.78, 5) is 22.3. The van der Waals surface area contributed by atoms with Crippen molar-refractivity contribution < 1.29 is 18.9 Å². The minimum Gasteiger partial charge on any atom is -0.494 e. The maximum Gasteiger partial charge on any atom is 0.433 e. The van der Waals surface area contributed by atoms with Crippen molar-refractivity contribution in [3.05, 3.63) is 62.9 Å². The maximum atomic E-state index is 12.3. The lowest BCUT2D eigenvalue weighted by Crippen LogP contribution is -1.96. The first-order valence-corrected chi connectivity index (χ1v) is 6.83. The number of hydrogen-bond acceptors (Lipinski definition) is 5. The van der Waals surface area contributed by atoms with Crippen LogP contribution in [0.4, 0.5) is 5.88 Å². The number of ketones is 1. The molecule has 112 valence electrons. The van der Waals surface area contributed by atoms with Gasteiger partial charge in [0, 0.05) is 17.6 Å². The fourth-order valence-corrected chi connectivity index (χ4v) is 2.46. The summed E-state index contributed by atoms with van der Waals surface area (Å²) in [6.07, 6.45) is 2.01. The highest BCUT2D eigenvalue weighted by Gasteiger charge is 2.25. The van der Waals surface area contributed by atoms with Crippen LogP contribution < -0.4 is 4.74 Å². The minimum absolute atomic E-state index is 0.0860. The molecular formula is C16H13NO5. The van der Waals surface area contributed by atoms with E-state index >= 15 is 0 Å². The van der Waals surface area contributed by atoms with Crippen molar-refractivity contribution in [3.63, 3.8) is 0 Å². The molecule has 0 saturated carbocycles. The molecule has 0 amide bonds. The van der Waals surface area contributed by atoms with Crippen LogP contribution in [-0.4, -0.2) is 17.3 Å². The summed E-state index contributed by atoms with van der Waals surface area (Å²) < 4.78 is 10.5. The van der Waals surface area contributed by atoms with Gasteiger partial charge in [-0.05, 0) is 42.8 Å². The predicted molar refractivity (Wildman–Crippen MR) is 79.0 cm³/mol. The van der Waals surface area contributed by atoms with Gasteiger partial charge in [-0.1, -0.05) is 0 Å². The molecule has 6 nitrogen and oxygen atoms in total. The van der Waals surface area contributed by atoms with Crippen LogP contribution in [0, 0.1) is 10.1 Å².